The van der Waals surface area contributed by atoms with Crippen LogP contribution >= 0.6 is 0 Å². The summed E-state index contributed by atoms with van der Waals surface area (Å²) >= 11 is 0. The van der Waals surface area contributed by atoms with E-state index in [1.807, 2.05) is 0 Å². The van der Waals surface area contributed by atoms with Crippen molar-refractivity contribution in [2.75, 3.05) is 5.84 Å². The first-order valence-electron chi connectivity index (χ1n) is 5.31. The number of hydrogen-bond donors (Lipinski definition) is 2. The number of rotatable bonds is 3. The third kappa shape index (κ3) is 3.86. The first-order valence-corrected chi connectivity index (χ1v) is 5.31. The van der Waals surface area contributed by atoms with Gasteiger partial charge in [0.1, 0.15) is 6.20 Å². The average molecular weight is 312 g/mol. The Kier molecular flexibility index (Phi) is 4.88. The van der Waals surface area contributed by atoms with Crippen LogP contribution in [0.3, 0.4) is 0 Å². The minimum atomic E-state index is -1.46. The van der Waals surface area contributed by atoms with Crippen molar-refractivity contribution >= 4 is 17.1 Å². The third-order valence-corrected chi connectivity index (χ3v) is 2.21. The Labute approximate surface area is 120 Å². The number of H-pyrrole nitrogens is 1. The number of hydrogen-bond acceptors (Lipinski definition) is 8. The van der Waals surface area contributed by atoms with Gasteiger partial charge in [-0.3, -0.25) is 36.2 Å². The highest BCUT2D eigenvalue weighted by atomic mass is 16.6. The zero-order valence-electron chi connectivity index (χ0n) is 10.6. The number of non-ortho nitro benzene ring substituents is 1. The van der Waals surface area contributed by atoms with Crippen molar-refractivity contribution in [3.05, 3.63) is 61.2 Å². The van der Waals surface area contributed by atoms with Crippen LogP contribution in [0.25, 0.3) is 0 Å². The Morgan fingerprint density at radius 1 is 1.00 bits per heavy atom. The molecule has 116 valence electrons. The Balaban J connectivity index is 0.000000335. The summed E-state index contributed by atoms with van der Waals surface area (Å²) in [5.41, 5.74) is -3.26. The molecule has 1 aromatic heterocycles. The largest absolute Gasteiger partial charge is 0.863 e. The second kappa shape index (κ2) is 6.60. The molecule has 0 atom stereocenters. The van der Waals surface area contributed by atoms with Gasteiger partial charge in [-0.15, -0.1) is 4.68 Å². The zero-order valence-corrected chi connectivity index (χ0v) is 10.6. The van der Waals surface area contributed by atoms with Gasteiger partial charge in [0.25, 0.3) is 23.4 Å². The predicted molar refractivity (Wildman–Crippen MR) is 67.0 cm³/mol. The van der Waals surface area contributed by atoms with E-state index in [2.05, 4.69) is 4.98 Å². The van der Waals surface area contributed by atoms with Crippen LogP contribution in [0.4, 0.5) is 17.1 Å². The van der Waals surface area contributed by atoms with Crippen LogP contribution in [0, 0.1) is 30.3 Å². The third-order valence-electron chi connectivity index (χ3n) is 2.21. The summed E-state index contributed by atoms with van der Waals surface area (Å²) in [4.78, 5) is 30.3. The van der Waals surface area contributed by atoms with E-state index in [0.717, 1.165) is 0 Å². The van der Waals surface area contributed by atoms with E-state index in [1.165, 1.54) is 4.68 Å². The standard InChI is InChI=1S/C6H3N3O7.C3H5N3/c10-6-4(8(13)14)1-3(7(11)12)2-5(6)9(15)16;4-6-2-1-5-3-6/h1-2,10H;1-3H,4H2. The van der Waals surface area contributed by atoms with E-state index in [4.69, 9.17) is 5.84 Å². The van der Waals surface area contributed by atoms with Crippen LogP contribution in [0.15, 0.2) is 30.9 Å². The van der Waals surface area contributed by atoms with E-state index in [0.29, 0.717) is 12.1 Å². The van der Waals surface area contributed by atoms with Gasteiger partial charge in [-0.1, -0.05) is 0 Å². The fraction of sp³-hybridized carbons (Fsp3) is 0. The molecule has 3 N–H and O–H groups in total. The molecule has 13 heteroatoms. The first-order chi connectivity index (χ1) is 10.2. The van der Waals surface area contributed by atoms with Gasteiger partial charge >= 0.3 is 0 Å². The monoisotopic (exact) mass is 312 g/mol. The molecule has 0 aliphatic rings. The quantitative estimate of drug-likeness (QED) is 0.327. The van der Waals surface area contributed by atoms with Crippen molar-refractivity contribution in [3.8, 4) is 5.75 Å². The molecule has 1 heterocycles. The summed E-state index contributed by atoms with van der Waals surface area (Å²) in [5, 5.41) is 42.1. The lowest BCUT2D eigenvalue weighted by molar-refractivity contribution is -0.637. The molecule has 0 radical (unpaired) electrons. The first kappa shape index (κ1) is 16.3. The second-order valence-corrected chi connectivity index (χ2v) is 3.64. The van der Waals surface area contributed by atoms with Gasteiger partial charge in [-0.25, -0.2) is 4.98 Å². The van der Waals surface area contributed by atoms with Crippen LogP contribution in [0.1, 0.15) is 0 Å². The highest BCUT2D eigenvalue weighted by molar-refractivity contribution is 5.63. The molecule has 0 aliphatic carbocycles. The molecular weight excluding hydrogens is 304 g/mol. The lowest BCUT2D eigenvalue weighted by atomic mass is 10.2. The van der Waals surface area contributed by atoms with Crippen molar-refractivity contribution in [3.63, 3.8) is 0 Å². The molecule has 0 bridgehead atoms. The minimum Gasteiger partial charge on any atom is -0.863 e. The summed E-state index contributed by atoms with van der Waals surface area (Å²) in [5.74, 6) is 3.71. The molecule has 1 aromatic carbocycles. The van der Waals surface area contributed by atoms with Crippen molar-refractivity contribution in [2.24, 2.45) is 0 Å². The van der Waals surface area contributed by atoms with Crippen LogP contribution in [-0.2, 0) is 0 Å². The predicted octanol–water partition coefficient (Wildman–Crippen LogP) is -0.499. The molecule has 2 rings (SSSR count). The molecule has 0 spiro atoms. The van der Waals surface area contributed by atoms with Gasteiger partial charge in [0.2, 0.25) is 0 Å². The summed E-state index contributed by atoms with van der Waals surface area (Å²) in [6.07, 6.45) is 5.12. The lowest BCUT2D eigenvalue weighted by Gasteiger charge is -2.06. The number of imidazole rings is 1. The fourth-order valence-electron chi connectivity index (χ4n) is 1.26. The van der Waals surface area contributed by atoms with Crippen molar-refractivity contribution in [1.29, 1.82) is 0 Å². The summed E-state index contributed by atoms with van der Waals surface area (Å²) < 4.78 is 1.44. The van der Waals surface area contributed by atoms with Gasteiger partial charge < -0.3 is 5.11 Å². The van der Waals surface area contributed by atoms with E-state index in [-0.39, 0.29) is 0 Å². The lowest BCUT2D eigenvalue weighted by Crippen LogP contribution is -2.41. The smallest absolute Gasteiger partial charge is 0.283 e. The normalized spacial score (nSPS) is 9.45. The van der Waals surface area contributed by atoms with Crippen LogP contribution in [-0.4, -0.2) is 19.8 Å². The molecule has 22 heavy (non-hydrogen) atoms. The number of nitrogens with two attached hydrogens (primary N) is 1. The van der Waals surface area contributed by atoms with Gasteiger partial charge in [-0.05, 0) is 0 Å². The fourth-order valence-corrected chi connectivity index (χ4v) is 1.26. The van der Waals surface area contributed by atoms with Crippen molar-refractivity contribution in [1.82, 2.24) is 4.98 Å². The average Bonchev–Trinajstić information content (AvgIpc) is 2.89. The number of benzene rings is 1. The topological polar surface area (TPSA) is 198 Å². The molecule has 0 saturated carbocycles. The van der Waals surface area contributed by atoms with Crippen LogP contribution < -0.4 is 15.6 Å². The number of nitro benzene ring substituents is 3. The maximum atomic E-state index is 11.1. The Bertz CT molecular complexity index is 678. The van der Waals surface area contributed by atoms with Gasteiger partial charge in [0, 0.05) is 0 Å². The molecule has 0 aliphatic heterocycles. The number of aromatic nitrogens is 2. The van der Waals surface area contributed by atoms with E-state index in [1.54, 1.807) is 18.7 Å². The zero-order chi connectivity index (χ0) is 16.9. The number of nitrogens with zero attached hydrogens (tertiary/aromatic N) is 4. The molecule has 0 saturated heterocycles. The van der Waals surface area contributed by atoms with E-state index in [9.17, 15) is 35.4 Å². The minimum absolute atomic E-state index is 0.384. The molecule has 2 aromatic rings. The highest BCUT2D eigenvalue weighted by Gasteiger charge is 2.24. The maximum Gasteiger partial charge on any atom is 0.283 e. The molecular formula is C9H8N6O7. The second-order valence-electron chi connectivity index (χ2n) is 3.64. The number of nitrogen functional groups attached to an aromatic ring is 1. The van der Waals surface area contributed by atoms with Gasteiger partial charge in [0.15, 0.2) is 6.20 Å². The molecule has 0 fully saturated rings. The van der Waals surface area contributed by atoms with Crippen LogP contribution in [0.2, 0.25) is 0 Å². The van der Waals surface area contributed by atoms with Crippen molar-refractivity contribution in [2.45, 2.75) is 0 Å². The number of aromatic amines is 1. The molecule has 0 amide bonds. The number of nitrogens with one attached hydrogen (secondary N) is 1. The van der Waals surface area contributed by atoms with E-state index < -0.39 is 37.6 Å². The summed E-state index contributed by atoms with van der Waals surface area (Å²) in [7, 11) is 0. The summed E-state index contributed by atoms with van der Waals surface area (Å²) in [6.45, 7) is 0. The van der Waals surface area contributed by atoms with Crippen molar-refractivity contribution < 1.29 is 24.6 Å². The van der Waals surface area contributed by atoms with Gasteiger partial charge in [0.05, 0.1) is 32.7 Å². The van der Waals surface area contributed by atoms with Gasteiger partial charge in [-0.2, -0.15) is 0 Å². The maximum absolute atomic E-state index is 11.1. The number of nitro groups is 3. The molecule has 13 nitrogen and oxygen atoms in total. The van der Waals surface area contributed by atoms with E-state index >= 15 is 0 Å². The SMILES string of the molecule is N[n+]1cc[nH]c1.O=[N+]([O-])c1cc([N+](=O)[O-])c([O-])c([N+](=O)[O-])c1. The van der Waals surface area contributed by atoms with Crippen LogP contribution in [0.5, 0.6) is 5.75 Å². The highest BCUT2D eigenvalue weighted by Crippen LogP contribution is 2.36. The Hall–Kier alpha value is -3.77. The Morgan fingerprint density at radius 2 is 1.50 bits per heavy atom. The Morgan fingerprint density at radius 3 is 1.73 bits per heavy atom. The molecule has 0 unspecified atom stereocenters. The summed E-state index contributed by atoms with van der Waals surface area (Å²) in [6, 6.07) is 0.769.